The molecular weight excluding hydrogens is 177 g/mol. The molecular formula is C7H19P3+2. The average molecular weight is 196 g/mol. The van der Waals surface area contributed by atoms with Crippen molar-refractivity contribution in [1.29, 1.82) is 0 Å². The lowest BCUT2D eigenvalue weighted by atomic mass is 11.0. The molecule has 1 rings (SSSR count). The van der Waals surface area contributed by atoms with Crippen LogP contribution in [-0.2, 0) is 0 Å². The maximum atomic E-state index is 2.56. The zero-order valence-corrected chi connectivity index (χ0v) is 10.4. The molecule has 3 heteroatoms. The van der Waals surface area contributed by atoms with Gasteiger partial charge in [0.2, 0.25) is 7.30 Å². The van der Waals surface area contributed by atoms with Crippen molar-refractivity contribution in [3.63, 3.8) is 0 Å². The van der Waals surface area contributed by atoms with Gasteiger partial charge in [0.1, 0.15) is 0 Å². The standard InChI is InChI=1S/C7H19P3/c1-8-9(2,3)6-7-10(8,4)5/h6-7H2,1-5H3/q+2. The highest BCUT2D eigenvalue weighted by Crippen LogP contribution is 3.02. The molecule has 1 aliphatic rings. The van der Waals surface area contributed by atoms with E-state index in [2.05, 4.69) is 33.3 Å². The summed E-state index contributed by atoms with van der Waals surface area (Å²) in [6, 6.07) is 0. The normalized spacial score (nSPS) is 30.9. The molecule has 1 saturated heterocycles. The number of hydrogen-bond donors (Lipinski definition) is 0. The van der Waals surface area contributed by atoms with Gasteiger partial charge >= 0.3 is 0 Å². The first-order chi connectivity index (χ1) is 4.36. The van der Waals surface area contributed by atoms with E-state index in [0.717, 1.165) is 0 Å². The van der Waals surface area contributed by atoms with Gasteiger partial charge in [0.05, 0.1) is 52.9 Å². The molecule has 0 amide bonds. The topological polar surface area (TPSA) is 0 Å². The molecule has 1 heterocycles. The predicted molar refractivity (Wildman–Crippen MR) is 60.1 cm³/mol. The summed E-state index contributed by atoms with van der Waals surface area (Å²) in [4.78, 5) is 0. The molecule has 0 N–H and O–H groups in total. The SMILES string of the molecule is CP1[P+](C)(C)CC[P+]1(C)C. The first-order valence-corrected chi connectivity index (χ1v) is 12.7. The van der Waals surface area contributed by atoms with Crippen LogP contribution in [0.4, 0.5) is 0 Å². The molecule has 0 atom stereocenters. The van der Waals surface area contributed by atoms with Crippen molar-refractivity contribution >= 4 is 21.2 Å². The molecule has 10 heavy (non-hydrogen) atoms. The number of hydrogen-bond acceptors (Lipinski definition) is 0. The molecule has 0 saturated carbocycles. The maximum Gasteiger partial charge on any atom is 0.204 e. The van der Waals surface area contributed by atoms with E-state index in [1.807, 2.05) is 0 Å². The predicted octanol–water partition coefficient (Wildman–Crippen LogP) is 3.50. The van der Waals surface area contributed by atoms with Crippen molar-refractivity contribution in [3.05, 3.63) is 0 Å². The van der Waals surface area contributed by atoms with E-state index in [1.165, 1.54) is 0 Å². The molecule has 60 valence electrons. The average Bonchev–Trinajstić information content (AvgIpc) is 1.95. The van der Waals surface area contributed by atoms with Gasteiger partial charge in [-0.3, -0.25) is 0 Å². The first-order valence-electron chi connectivity index (χ1n) is 3.77. The Morgan fingerprint density at radius 3 is 1.30 bits per heavy atom. The minimum Gasteiger partial charge on any atom is 0.0275 e. The fourth-order valence-electron chi connectivity index (χ4n) is 1.43. The summed E-state index contributed by atoms with van der Waals surface area (Å²) in [6.45, 7) is 12.0. The van der Waals surface area contributed by atoms with Crippen LogP contribution in [0.3, 0.4) is 0 Å². The van der Waals surface area contributed by atoms with E-state index in [-0.39, 0.29) is 0 Å². The van der Waals surface area contributed by atoms with Gasteiger partial charge in [-0.25, -0.2) is 0 Å². The fraction of sp³-hybridized carbons (Fsp3) is 1.00. The lowest BCUT2D eigenvalue weighted by molar-refractivity contribution is 1.49. The lowest BCUT2D eigenvalue weighted by Crippen LogP contribution is -1.86. The Balaban J connectivity index is 2.77. The van der Waals surface area contributed by atoms with Crippen LogP contribution in [0.5, 0.6) is 0 Å². The molecule has 0 spiro atoms. The summed E-state index contributed by atoms with van der Waals surface area (Å²) in [5.41, 5.74) is 0. The van der Waals surface area contributed by atoms with E-state index in [0.29, 0.717) is 7.30 Å². The molecule has 0 unspecified atom stereocenters. The van der Waals surface area contributed by atoms with Crippen LogP contribution in [0.1, 0.15) is 0 Å². The molecule has 0 nitrogen and oxygen atoms in total. The van der Waals surface area contributed by atoms with E-state index < -0.39 is 13.9 Å². The largest absolute Gasteiger partial charge is 0.204 e. The van der Waals surface area contributed by atoms with Gasteiger partial charge in [0, 0.05) is 6.66 Å². The highest BCUT2D eigenvalue weighted by Gasteiger charge is 2.57. The fourth-order valence-corrected chi connectivity index (χ4v) is 27.9. The molecule has 0 bridgehead atoms. The van der Waals surface area contributed by atoms with Crippen LogP contribution in [0.25, 0.3) is 0 Å². The van der Waals surface area contributed by atoms with Crippen molar-refractivity contribution in [1.82, 2.24) is 0 Å². The van der Waals surface area contributed by atoms with Gasteiger partial charge in [0.15, 0.2) is 0 Å². The van der Waals surface area contributed by atoms with Gasteiger partial charge in [-0.2, -0.15) is 0 Å². The van der Waals surface area contributed by atoms with Crippen molar-refractivity contribution in [2.75, 3.05) is 45.6 Å². The summed E-state index contributed by atoms with van der Waals surface area (Å²) in [7, 11) is 0.471. The zero-order chi connectivity index (χ0) is 7.99. The molecule has 0 aromatic heterocycles. The van der Waals surface area contributed by atoms with Gasteiger partial charge in [-0.15, -0.1) is 0 Å². The van der Waals surface area contributed by atoms with E-state index in [4.69, 9.17) is 0 Å². The van der Waals surface area contributed by atoms with Gasteiger partial charge in [-0.1, -0.05) is 0 Å². The zero-order valence-electron chi connectivity index (χ0n) is 7.76. The van der Waals surface area contributed by atoms with Crippen LogP contribution in [-0.4, -0.2) is 45.6 Å². The van der Waals surface area contributed by atoms with Crippen LogP contribution in [0.15, 0.2) is 0 Å². The molecule has 0 aromatic carbocycles. The van der Waals surface area contributed by atoms with Crippen LogP contribution in [0, 0.1) is 0 Å². The van der Waals surface area contributed by atoms with Crippen LogP contribution < -0.4 is 0 Å². The Hall–Kier alpha value is 1.29. The third-order valence-corrected chi connectivity index (χ3v) is 28.2. The third kappa shape index (κ3) is 1.55. The van der Waals surface area contributed by atoms with Crippen molar-refractivity contribution in [2.24, 2.45) is 0 Å². The molecule has 1 aliphatic heterocycles. The van der Waals surface area contributed by atoms with Gasteiger partial charge < -0.3 is 0 Å². The van der Waals surface area contributed by atoms with Gasteiger partial charge in [-0.05, 0) is 0 Å². The minimum absolute atomic E-state index is 0.392. The summed E-state index contributed by atoms with van der Waals surface area (Å²) >= 11 is 0. The second-order valence-electron chi connectivity index (χ2n) is 4.18. The van der Waals surface area contributed by atoms with E-state index in [1.54, 1.807) is 12.3 Å². The minimum atomic E-state index is -0.392. The Morgan fingerprint density at radius 1 is 0.900 bits per heavy atom. The lowest BCUT2D eigenvalue weighted by Gasteiger charge is -2.17. The molecule has 0 radical (unpaired) electrons. The first kappa shape index (κ1) is 9.38. The second kappa shape index (κ2) is 2.65. The third-order valence-electron chi connectivity index (χ3n) is 2.76. The Labute approximate surface area is 67.4 Å². The highest BCUT2D eigenvalue weighted by molar-refractivity contribution is 8.70. The number of rotatable bonds is 0. The van der Waals surface area contributed by atoms with Gasteiger partial charge in [0.25, 0.3) is 0 Å². The summed E-state index contributed by atoms with van der Waals surface area (Å²) in [5, 5.41) is 0. The smallest absolute Gasteiger partial charge is 0.0275 e. The highest BCUT2D eigenvalue weighted by atomic mass is 32.5. The van der Waals surface area contributed by atoms with Crippen LogP contribution in [0.2, 0.25) is 0 Å². The molecule has 1 fully saturated rings. The maximum absolute atomic E-state index is 2.56. The summed E-state index contributed by atoms with van der Waals surface area (Å²) < 4.78 is 0. The summed E-state index contributed by atoms with van der Waals surface area (Å²) in [5.74, 6) is 0. The van der Waals surface area contributed by atoms with Crippen molar-refractivity contribution in [3.8, 4) is 0 Å². The van der Waals surface area contributed by atoms with Crippen molar-refractivity contribution in [2.45, 2.75) is 0 Å². The van der Waals surface area contributed by atoms with E-state index in [9.17, 15) is 0 Å². The summed E-state index contributed by atoms with van der Waals surface area (Å²) in [6.07, 6.45) is 3.19. The van der Waals surface area contributed by atoms with Crippen molar-refractivity contribution < 1.29 is 0 Å². The Kier molecular flexibility index (Phi) is 2.49. The van der Waals surface area contributed by atoms with E-state index >= 15 is 0 Å². The molecule has 0 aromatic rings. The Bertz CT molecular complexity index is 124. The second-order valence-corrected chi connectivity index (χ2v) is 23.6. The van der Waals surface area contributed by atoms with Crippen LogP contribution >= 0.6 is 21.2 Å². The quantitative estimate of drug-likeness (QED) is 0.520. The monoisotopic (exact) mass is 196 g/mol. The molecule has 0 aliphatic carbocycles. The Morgan fingerprint density at radius 2 is 1.20 bits per heavy atom.